The number of rotatable bonds is 3. The van der Waals surface area contributed by atoms with Gasteiger partial charge in [0.25, 0.3) is 0 Å². The summed E-state index contributed by atoms with van der Waals surface area (Å²) in [5.74, 6) is -0.982. The first-order valence-corrected chi connectivity index (χ1v) is 7.43. The van der Waals surface area contributed by atoms with E-state index in [-0.39, 0.29) is 5.56 Å². The summed E-state index contributed by atoms with van der Waals surface area (Å²) < 4.78 is 27.6. The lowest BCUT2D eigenvalue weighted by molar-refractivity contribution is 0.172. The summed E-state index contributed by atoms with van der Waals surface area (Å²) >= 11 is 0. The molecular formula is C18H16F2N2O. The van der Waals surface area contributed by atoms with Gasteiger partial charge in [-0.25, -0.2) is 8.78 Å². The molecule has 0 radical (unpaired) electrons. The van der Waals surface area contributed by atoms with Gasteiger partial charge in [-0.05, 0) is 36.2 Å². The first-order valence-electron chi connectivity index (χ1n) is 7.43. The van der Waals surface area contributed by atoms with E-state index in [4.69, 9.17) is 0 Å². The maximum atomic E-state index is 14.1. The zero-order chi connectivity index (χ0) is 16.4. The normalized spacial score (nSPS) is 21.3. The van der Waals surface area contributed by atoms with Gasteiger partial charge in [0.2, 0.25) is 0 Å². The third-order valence-electron chi connectivity index (χ3n) is 4.21. The molecule has 0 spiro atoms. The highest BCUT2D eigenvalue weighted by Gasteiger charge is 2.34. The first kappa shape index (κ1) is 15.6. The molecule has 0 aliphatic carbocycles. The van der Waals surface area contributed by atoms with Crippen molar-refractivity contribution in [2.24, 2.45) is 0 Å². The van der Waals surface area contributed by atoms with Crippen molar-refractivity contribution in [3.63, 3.8) is 0 Å². The van der Waals surface area contributed by atoms with E-state index in [0.29, 0.717) is 25.1 Å². The standard InChI is InChI=1S/C18H16F2N2O/c19-14-5-6-17(20)16(7-14)18-8-15(23)11-22(18)10-13-4-2-1-3-12(13)9-21/h1-7,15,18,23H,8,10-11H2/t15-,18-/m0/s1. The van der Waals surface area contributed by atoms with E-state index in [9.17, 15) is 19.1 Å². The van der Waals surface area contributed by atoms with Crippen LogP contribution in [0.4, 0.5) is 8.78 Å². The van der Waals surface area contributed by atoms with Crippen molar-refractivity contribution in [2.45, 2.75) is 25.1 Å². The van der Waals surface area contributed by atoms with E-state index in [1.807, 2.05) is 17.0 Å². The summed E-state index contributed by atoms with van der Waals surface area (Å²) in [4.78, 5) is 1.89. The molecule has 0 amide bonds. The van der Waals surface area contributed by atoms with Crippen LogP contribution in [-0.4, -0.2) is 22.7 Å². The van der Waals surface area contributed by atoms with Gasteiger partial charge in [-0.3, -0.25) is 4.90 Å². The molecule has 1 heterocycles. The topological polar surface area (TPSA) is 47.3 Å². The van der Waals surface area contributed by atoms with Gasteiger partial charge in [0.05, 0.1) is 17.7 Å². The third-order valence-corrected chi connectivity index (χ3v) is 4.21. The minimum atomic E-state index is -0.600. The Morgan fingerprint density at radius 1 is 1.22 bits per heavy atom. The van der Waals surface area contributed by atoms with E-state index in [2.05, 4.69) is 6.07 Å². The molecule has 1 N–H and O–H groups in total. The molecule has 3 rings (SSSR count). The van der Waals surface area contributed by atoms with Crippen LogP contribution in [0.25, 0.3) is 0 Å². The zero-order valence-electron chi connectivity index (χ0n) is 12.4. The largest absolute Gasteiger partial charge is 0.392 e. The molecule has 5 heteroatoms. The van der Waals surface area contributed by atoms with Crippen LogP contribution in [0.2, 0.25) is 0 Å². The number of nitriles is 1. The average molecular weight is 314 g/mol. The summed E-state index contributed by atoms with van der Waals surface area (Å²) in [5.41, 5.74) is 1.61. The number of aliphatic hydroxyl groups excluding tert-OH is 1. The Morgan fingerprint density at radius 2 is 2.00 bits per heavy atom. The summed E-state index contributed by atoms with van der Waals surface area (Å²) in [6, 6.07) is 12.3. The lowest BCUT2D eigenvalue weighted by Gasteiger charge is -2.25. The van der Waals surface area contributed by atoms with Gasteiger partial charge in [0.1, 0.15) is 11.6 Å². The number of likely N-dealkylation sites (tertiary alicyclic amines) is 1. The minimum absolute atomic E-state index is 0.246. The number of hydrogen-bond donors (Lipinski definition) is 1. The van der Waals surface area contributed by atoms with Gasteiger partial charge in [-0.15, -0.1) is 0 Å². The fourth-order valence-corrected chi connectivity index (χ4v) is 3.13. The van der Waals surface area contributed by atoms with E-state index < -0.39 is 23.8 Å². The molecule has 1 aliphatic rings. The van der Waals surface area contributed by atoms with Crippen LogP contribution in [0.5, 0.6) is 0 Å². The summed E-state index contributed by atoms with van der Waals surface area (Å²) in [6.07, 6.45) is -0.258. The second-order valence-corrected chi connectivity index (χ2v) is 5.77. The van der Waals surface area contributed by atoms with Gasteiger partial charge in [0.15, 0.2) is 0 Å². The number of nitrogens with zero attached hydrogens (tertiary/aromatic N) is 2. The Kier molecular flexibility index (Phi) is 4.37. The van der Waals surface area contributed by atoms with E-state index >= 15 is 0 Å². The van der Waals surface area contributed by atoms with E-state index in [1.54, 1.807) is 12.1 Å². The molecule has 3 nitrogen and oxygen atoms in total. The smallest absolute Gasteiger partial charge is 0.128 e. The van der Waals surface area contributed by atoms with Crippen LogP contribution in [0.15, 0.2) is 42.5 Å². The summed E-state index contributed by atoms with van der Waals surface area (Å²) in [5, 5.41) is 19.2. The SMILES string of the molecule is N#Cc1ccccc1CN1C[C@@H](O)C[C@H]1c1cc(F)ccc1F. The predicted octanol–water partition coefficient (Wildman–Crippen LogP) is 3.14. The van der Waals surface area contributed by atoms with Crippen LogP contribution < -0.4 is 0 Å². The van der Waals surface area contributed by atoms with Crippen LogP contribution >= 0.6 is 0 Å². The van der Waals surface area contributed by atoms with Crippen LogP contribution in [0.3, 0.4) is 0 Å². The first-order chi connectivity index (χ1) is 11.1. The monoisotopic (exact) mass is 314 g/mol. The molecular weight excluding hydrogens is 298 g/mol. The summed E-state index contributed by atoms with van der Waals surface area (Å²) in [7, 11) is 0. The lowest BCUT2D eigenvalue weighted by atomic mass is 10.0. The van der Waals surface area contributed by atoms with Gasteiger partial charge < -0.3 is 5.11 Å². The predicted molar refractivity (Wildman–Crippen MR) is 81.3 cm³/mol. The summed E-state index contributed by atoms with van der Waals surface area (Å²) in [6.45, 7) is 0.766. The molecule has 1 aliphatic heterocycles. The van der Waals surface area contributed by atoms with Crippen molar-refractivity contribution in [1.29, 1.82) is 5.26 Å². The maximum Gasteiger partial charge on any atom is 0.128 e. The van der Waals surface area contributed by atoms with Gasteiger partial charge in [-0.2, -0.15) is 5.26 Å². The Balaban J connectivity index is 1.91. The Hall–Kier alpha value is -2.29. The maximum absolute atomic E-state index is 14.1. The fourth-order valence-electron chi connectivity index (χ4n) is 3.13. The molecule has 118 valence electrons. The molecule has 0 unspecified atom stereocenters. The number of aliphatic hydroxyl groups is 1. The molecule has 1 saturated heterocycles. The van der Waals surface area contributed by atoms with E-state index in [0.717, 1.165) is 17.7 Å². The van der Waals surface area contributed by atoms with Crippen molar-refractivity contribution in [3.05, 3.63) is 70.8 Å². The number of benzene rings is 2. The van der Waals surface area contributed by atoms with Crippen LogP contribution in [-0.2, 0) is 6.54 Å². The molecule has 0 bridgehead atoms. The van der Waals surface area contributed by atoms with Crippen LogP contribution in [0.1, 0.15) is 29.2 Å². The quantitative estimate of drug-likeness (QED) is 0.947. The number of halogens is 2. The second-order valence-electron chi connectivity index (χ2n) is 5.77. The Bertz CT molecular complexity index is 757. The number of β-amino-alcohol motifs (C(OH)–C–C–N with tert-alkyl or cyclic N) is 1. The zero-order valence-corrected chi connectivity index (χ0v) is 12.4. The molecule has 2 atom stereocenters. The molecule has 23 heavy (non-hydrogen) atoms. The van der Waals surface area contributed by atoms with Gasteiger partial charge >= 0.3 is 0 Å². The molecule has 2 aromatic carbocycles. The third kappa shape index (κ3) is 3.24. The van der Waals surface area contributed by atoms with Gasteiger partial charge in [0, 0.05) is 24.7 Å². The highest BCUT2D eigenvalue weighted by atomic mass is 19.1. The highest BCUT2D eigenvalue weighted by Crippen LogP contribution is 2.35. The highest BCUT2D eigenvalue weighted by molar-refractivity contribution is 5.37. The van der Waals surface area contributed by atoms with E-state index in [1.165, 1.54) is 6.07 Å². The minimum Gasteiger partial charge on any atom is -0.392 e. The molecule has 0 saturated carbocycles. The van der Waals surface area contributed by atoms with Crippen LogP contribution in [0, 0.1) is 23.0 Å². The lowest BCUT2D eigenvalue weighted by Crippen LogP contribution is -2.25. The van der Waals surface area contributed by atoms with Crippen molar-refractivity contribution in [2.75, 3.05) is 6.54 Å². The molecule has 2 aromatic rings. The number of hydrogen-bond acceptors (Lipinski definition) is 3. The van der Waals surface area contributed by atoms with Crippen molar-refractivity contribution >= 4 is 0 Å². The Morgan fingerprint density at radius 3 is 2.78 bits per heavy atom. The average Bonchev–Trinajstić information content (AvgIpc) is 2.90. The van der Waals surface area contributed by atoms with Crippen molar-refractivity contribution in [3.8, 4) is 6.07 Å². The molecule has 1 fully saturated rings. The van der Waals surface area contributed by atoms with Crippen molar-refractivity contribution < 1.29 is 13.9 Å². The molecule has 0 aromatic heterocycles. The van der Waals surface area contributed by atoms with Crippen molar-refractivity contribution in [1.82, 2.24) is 4.90 Å². The van der Waals surface area contributed by atoms with Gasteiger partial charge in [-0.1, -0.05) is 18.2 Å². The Labute approximate surface area is 133 Å². The second kappa shape index (κ2) is 6.45. The fraction of sp³-hybridized carbons (Fsp3) is 0.278.